The van der Waals surface area contributed by atoms with Crippen LogP contribution in [0, 0.1) is 0 Å². The molecule has 0 fully saturated rings. The Bertz CT molecular complexity index is 4260. The third kappa shape index (κ3) is 41.2. The molecule has 0 saturated heterocycles. The normalized spacial score (nSPS) is 13.1. The van der Waals surface area contributed by atoms with Gasteiger partial charge in [-0.15, -0.1) is 23.2 Å². The fraction of sp³-hybridized carbons (Fsp3) is 0.744. The molecule has 807 valence electrons. The smallest absolute Gasteiger partial charge is 1.00 e. The molecule has 4 aromatic rings. The number of rotatable bonds is 50. The molecule has 3 radical (unpaired) electrons. The SMILES string of the molecule is CC[Si](CC)(CC)[SiH]([Si](CC)(CC)CC)[Si](CC)(CC)CC.CC[Si](CC)(CC)[Si](C)([Si](CC)(CC)CC)[Si](CC)(CC)CC.CC[Si](CC)(CC)[Si](OS(C)(=O)=O)([Si](CC)(CC)CC)[Si](CC)(CC)CC.CS(=O)(=O)O.ClCCl.N[C@@H](Cn1ccc(=O)c(O)c1)C(=O)O.N[C@@H](Cn1ccc(=O)c(O)c1)C(=O)O[SiH3].N[C@@H](Cn1ccc(=O)c(O)c1)C(=O)O[SiH3].N[C@H](CO)Cn1ccc(=O)c(O)c1.[B].[H-].[Na+]. The van der Waals surface area contributed by atoms with Gasteiger partial charge in [0.15, 0.2) is 29.9 Å². The van der Waals surface area contributed by atoms with Crippen molar-refractivity contribution < 1.29 is 110 Å². The van der Waals surface area contributed by atoms with Crippen molar-refractivity contribution in [1.29, 1.82) is 0 Å². The number of halogens is 2. The summed E-state index contributed by atoms with van der Waals surface area (Å²) in [6, 6.07) is 41.4. The first-order chi connectivity index (χ1) is 63.8. The summed E-state index contributed by atoms with van der Waals surface area (Å²) in [6.45, 7) is 68.1. The number of aliphatic hydroxyl groups is 1. The molecule has 0 aliphatic carbocycles. The zero-order valence-electron chi connectivity index (χ0n) is 93.2. The minimum Gasteiger partial charge on any atom is -1.00 e. The Kier molecular flexibility index (Phi) is 78.6. The number of alkyl halides is 2. The maximum atomic E-state index is 12.9. The van der Waals surface area contributed by atoms with E-state index in [1.54, 1.807) is 113 Å². The summed E-state index contributed by atoms with van der Waals surface area (Å²) in [5, 5.41) is 53.7. The molecule has 49 heteroatoms. The Morgan fingerprint density at radius 1 is 0.396 bits per heavy atom. The second kappa shape index (κ2) is 73.0. The molecule has 139 heavy (non-hydrogen) atoms. The van der Waals surface area contributed by atoms with E-state index in [1.807, 2.05) is 0 Å². The van der Waals surface area contributed by atoms with Crippen LogP contribution in [-0.4, -0.2) is 255 Å². The summed E-state index contributed by atoms with van der Waals surface area (Å²) < 4.78 is 73.5. The third-order valence-corrected chi connectivity index (χ3v) is 254. The van der Waals surface area contributed by atoms with E-state index in [9.17, 15) is 50.4 Å². The quantitative estimate of drug-likeness (QED) is 0.0111. The van der Waals surface area contributed by atoms with Gasteiger partial charge < -0.3 is 86.0 Å². The minimum atomic E-state index is -3.67. The standard InChI is InChI=1S/C19H48O3SSi4.C19H48Si4.C18H46Si4.2C8H12N2O4Si.C8H10N2O4.C8H12N2O3.CH2Cl2.CH4O3S.B.Na.H/c1-11-24(12-2,13-3)27(22-23(10,20)21,25(14-4,15-5)16-6)26(17-7,18-8)19-9;1-11-21(12-2,13-3)20(10,22(14-4,15-5)16-6)23(17-7,18-8)19-9;1-10-20(11-2,12-3)19(21(13-4,14-5)15-6)22(16-7,17-8)18-9;2*9-5(8(13)14-15)3-10-2-1-6(11)7(12)4-10;9-5(8(13)14)3-10-2-1-6(11)7(12)4-10;9-6(5-11)3-10-2-1-7(12)8(13)4-10;2-1-3;1-5(2,3)4;;;/h11-19H2,1-10H3;11-19H2,1-10H3;19H,10-18H2,1-9H3;2*1-2,4-5,12H,3,9H2,15H3;1-2,4-5,12H,3,9H2,(H,13,14);1-2,4,6,11,13H,3,5,9H2;1H2;1H3,(H,2,3,4);;;/q;;;;;;;;;;+1;-1/t;;;3*5-;6-;;;;;/m...0000...../s1. The van der Waals surface area contributed by atoms with E-state index in [4.69, 9.17) is 85.2 Å². The number of aliphatic carboxylic acids is 1. The molecule has 0 saturated carbocycles. The van der Waals surface area contributed by atoms with Gasteiger partial charge in [-0.2, -0.15) is 8.42 Å². The van der Waals surface area contributed by atoms with Crippen LogP contribution in [-0.2, 0) is 73.5 Å². The van der Waals surface area contributed by atoms with Gasteiger partial charge in [0.1, 0.15) is 18.1 Å². The van der Waals surface area contributed by atoms with Crippen molar-refractivity contribution in [2.24, 2.45) is 22.9 Å². The molecule has 15 N–H and O–H groups in total. The number of carboxylic acid groups (broad SMARTS) is 1. The van der Waals surface area contributed by atoms with Crippen LogP contribution < -0.4 is 74.2 Å². The average Bonchev–Trinajstić information content (AvgIpc) is 0.682. The van der Waals surface area contributed by atoms with Crippen molar-refractivity contribution >= 4 is 180 Å². The number of nitrogens with zero attached hydrogens (tertiary/aromatic N) is 4. The van der Waals surface area contributed by atoms with Crippen LogP contribution in [0.2, 0.25) is 170 Å². The van der Waals surface area contributed by atoms with Crippen molar-refractivity contribution in [2.75, 3.05) is 24.5 Å². The van der Waals surface area contributed by atoms with Crippen molar-refractivity contribution in [3.63, 3.8) is 0 Å². The number of carboxylic acids is 1. The topological polar surface area (TPSA) is 481 Å². The number of carbonyl (C=O) groups excluding carboxylic acids is 2. The molecule has 4 aromatic heterocycles. The van der Waals surface area contributed by atoms with Crippen molar-refractivity contribution in [2.45, 2.75) is 407 Å². The van der Waals surface area contributed by atoms with Gasteiger partial charge in [0, 0.05) is 174 Å². The molecule has 0 aliphatic rings. The molecule has 0 amide bonds. The third-order valence-electron chi connectivity index (χ3n) is 33.1. The van der Waals surface area contributed by atoms with E-state index in [2.05, 4.69) is 202 Å². The molecule has 4 atom stereocenters. The Labute approximate surface area is 892 Å². The van der Waals surface area contributed by atoms with Gasteiger partial charge in [0.25, 0.3) is 20.2 Å². The number of hydrogen-bond donors (Lipinski definition) is 11. The largest absolute Gasteiger partial charge is 1.00 e. The van der Waals surface area contributed by atoms with Crippen LogP contribution in [0.1, 0.15) is 188 Å². The molecule has 0 aliphatic heterocycles. The summed E-state index contributed by atoms with van der Waals surface area (Å²) in [5.41, 5.74) is 19.9. The van der Waals surface area contributed by atoms with Crippen LogP contribution in [0.3, 0.4) is 0 Å². The Balaban J connectivity index is -0.000000241. The van der Waals surface area contributed by atoms with E-state index in [0.717, 1.165) is 12.3 Å². The molecule has 4 rings (SSSR count). The second-order valence-electron chi connectivity index (χ2n) is 36.9. The van der Waals surface area contributed by atoms with Gasteiger partial charge >= 0.3 is 47.5 Å². The van der Waals surface area contributed by atoms with E-state index >= 15 is 0 Å². The summed E-state index contributed by atoms with van der Waals surface area (Å²) in [7, 11) is -18.9. The van der Waals surface area contributed by atoms with E-state index in [1.165, 1.54) is 136 Å². The average molecular weight is 2290 g/mol. The number of pyridine rings is 4. The predicted molar refractivity (Wildman–Crippen MR) is 624 cm³/mol. The Morgan fingerprint density at radius 2 is 0.576 bits per heavy atom. The van der Waals surface area contributed by atoms with Gasteiger partial charge in [0.05, 0.1) is 47.2 Å². The summed E-state index contributed by atoms with van der Waals surface area (Å²) >= 11 is 9.53. The Morgan fingerprint density at radius 3 is 0.719 bits per heavy atom. The van der Waals surface area contributed by atoms with Gasteiger partial charge in [-0.05, 0) is 0 Å². The van der Waals surface area contributed by atoms with Crippen LogP contribution >= 0.6 is 23.2 Å². The number of aromatic hydroxyl groups is 4. The van der Waals surface area contributed by atoms with Gasteiger partial charge in [-0.1, -0.05) is 357 Å². The zero-order valence-corrected chi connectivity index (χ0v) is 114. The van der Waals surface area contributed by atoms with Crippen LogP contribution in [0.25, 0.3) is 0 Å². The number of carbonyl (C=O) groups is 3. The minimum absolute atomic E-state index is 0. The van der Waals surface area contributed by atoms with Gasteiger partial charge in [0.2, 0.25) is 42.7 Å². The van der Waals surface area contributed by atoms with Crippen LogP contribution in [0.4, 0.5) is 0 Å². The zero-order chi connectivity index (χ0) is 108. The molecule has 0 bridgehead atoms. The second-order valence-corrected chi connectivity index (χ2v) is 154. The predicted octanol–water partition coefficient (Wildman–Crippen LogP) is 12.4. The van der Waals surface area contributed by atoms with Crippen molar-refractivity contribution in [3.05, 3.63) is 115 Å². The maximum absolute atomic E-state index is 12.9. The molecule has 0 aromatic carbocycles. The van der Waals surface area contributed by atoms with E-state index in [-0.39, 0.29) is 94.3 Å². The molecule has 0 spiro atoms. The number of aromatic nitrogens is 4. The first-order valence-corrected chi connectivity index (χ1v) is 96.2. The molecular formula is C90H195BCl2N8NaO21S2Si14. The number of hydrogen-bond acceptors (Lipinski definition) is 23. The molecule has 29 nitrogen and oxygen atoms in total. The van der Waals surface area contributed by atoms with Crippen LogP contribution in [0.15, 0.2) is 93.0 Å². The first kappa shape index (κ1) is 150. The monoisotopic (exact) mass is 2280 g/mol. The fourth-order valence-corrected chi connectivity index (χ4v) is 338. The molecule has 0 unspecified atom stereocenters. The van der Waals surface area contributed by atoms with Crippen molar-refractivity contribution in [3.8, 4) is 23.0 Å². The van der Waals surface area contributed by atoms with Gasteiger partial charge in [-0.25, -0.2) is 8.42 Å². The summed E-state index contributed by atoms with van der Waals surface area (Å²) in [6.07, 6.45) is 12.7. The Hall–Kier alpha value is -2.29. The maximum Gasteiger partial charge on any atom is 1.00 e. The van der Waals surface area contributed by atoms with E-state index in [0.29, 0.717) is 33.8 Å². The molecular weight excluding hydrogens is 2090 g/mol. The van der Waals surface area contributed by atoms with Crippen molar-refractivity contribution in [1.82, 2.24) is 18.3 Å². The fourth-order valence-electron chi connectivity index (χ4n) is 23.9. The van der Waals surface area contributed by atoms with Crippen LogP contribution in [0.5, 0.6) is 23.0 Å². The summed E-state index contributed by atoms with van der Waals surface area (Å²) in [4.78, 5) is 75.7. The number of aliphatic hydroxyl groups excluding tert-OH is 1. The van der Waals surface area contributed by atoms with Gasteiger partial charge in [-0.3, -0.25) is 38.1 Å². The molecule has 4 heterocycles. The first-order valence-electron chi connectivity index (χ1n) is 50.4. The number of nitrogens with two attached hydrogens (primary N) is 4. The summed E-state index contributed by atoms with van der Waals surface area (Å²) in [5.74, 6) is -3.59. The van der Waals surface area contributed by atoms with E-state index < -0.39 is 173 Å².